The van der Waals surface area contributed by atoms with Gasteiger partial charge in [0.05, 0.1) is 22.2 Å². The van der Waals surface area contributed by atoms with Gasteiger partial charge >= 0.3 is 0 Å². The lowest BCUT2D eigenvalue weighted by molar-refractivity contribution is 0.278. The maximum absolute atomic E-state index is 12.3. The third-order valence-corrected chi connectivity index (χ3v) is 4.64. The molecule has 2 N–H and O–H groups in total. The minimum Gasteiger partial charge on any atom is -0.392 e. The molecule has 0 amide bonds. The molecule has 0 saturated carbocycles. The molecule has 0 heterocycles. The molecule has 0 aliphatic carbocycles. The SMILES string of the molecule is O=S(=O)(Nc1cc(Cl)ccc1Cl)c1ccccc1CO. The Labute approximate surface area is 127 Å². The molecule has 0 radical (unpaired) electrons. The summed E-state index contributed by atoms with van der Waals surface area (Å²) >= 11 is 11.7. The van der Waals surface area contributed by atoms with Crippen molar-refractivity contribution in [3.05, 3.63) is 58.1 Å². The van der Waals surface area contributed by atoms with Gasteiger partial charge in [-0.1, -0.05) is 41.4 Å². The monoisotopic (exact) mass is 331 g/mol. The summed E-state index contributed by atoms with van der Waals surface area (Å²) in [6.07, 6.45) is 0. The highest BCUT2D eigenvalue weighted by Gasteiger charge is 2.19. The van der Waals surface area contributed by atoms with Gasteiger partial charge in [0.25, 0.3) is 10.0 Å². The number of hydrogen-bond acceptors (Lipinski definition) is 3. The largest absolute Gasteiger partial charge is 0.392 e. The highest BCUT2D eigenvalue weighted by Crippen LogP contribution is 2.28. The predicted octanol–water partition coefficient (Wildman–Crippen LogP) is 3.29. The van der Waals surface area contributed by atoms with Crippen molar-refractivity contribution in [2.75, 3.05) is 4.72 Å². The predicted molar refractivity (Wildman–Crippen MR) is 79.6 cm³/mol. The van der Waals surface area contributed by atoms with Gasteiger partial charge in [-0.3, -0.25) is 4.72 Å². The van der Waals surface area contributed by atoms with Gasteiger partial charge < -0.3 is 5.11 Å². The second-order valence-corrected chi connectivity index (χ2v) is 6.49. The molecule has 0 aromatic heterocycles. The Kier molecular flexibility index (Phi) is 4.55. The number of rotatable bonds is 4. The second-order valence-electron chi connectivity index (χ2n) is 4.00. The first-order chi connectivity index (χ1) is 9.44. The van der Waals surface area contributed by atoms with Crippen LogP contribution in [0.1, 0.15) is 5.56 Å². The number of anilines is 1. The normalized spacial score (nSPS) is 11.3. The Morgan fingerprint density at radius 3 is 2.50 bits per heavy atom. The van der Waals surface area contributed by atoms with Gasteiger partial charge in [0, 0.05) is 5.02 Å². The van der Waals surface area contributed by atoms with Crippen molar-refractivity contribution in [1.82, 2.24) is 0 Å². The maximum Gasteiger partial charge on any atom is 0.262 e. The number of aliphatic hydroxyl groups is 1. The topological polar surface area (TPSA) is 66.4 Å². The van der Waals surface area contributed by atoms with Crippen LogP contribution in [-0.4, -0.2) is 13.5 Å². The number of hydrogen-bond donors (Lipinski definition) is 2. The van der Waals surface area contributed by atoms with Crippen LogP contribution in [0.5, 0.6) is 0 Å². The minimum absolute atomic E-state index is 0.00135. The summed E-state index contributed by atoms with van der Waals surface area (Å²) in [5.74, 6) is 0. The van der Waals surface area contributed by atoms with E-state index in [1.54, 1.807) is 18.2 Å². The first-order valence-corrected chi connectivity index (χ1v) is 7.84. The first kappa shape index (κ1) is 15.1. The molecule has 7 heteroatoms. The second kappa shape index (κ2) is 6.01. The van der Waals surface area contributed by atoms with E-state index in [1.807, 2.05) is 0 Å². The number of benzene rings is 2. The van der Waals surface area contributed by atoms with Gasteiger partial charge in [-0.25, -0.2) is 8.42 Å². The first-order valence-electron chi connectivity index (χ1n) is 5.60. The van der Waals surface area contributed by atoms with Crippen molar-refractivity contribution >= 4 is 38.9 Å². The summed E-state index contributed by atoms with van der Waals surface area (Å²) in [5.41, 5.74) is 0.491. The molecule has 0 atom stereocenters. The summed E-state index contributed by atoms with van der Waals surface area (Å²) in [5, 5.41) is 9.81. The standard InChI is InChI=1S/C13H11Cl2NO3S/c14-10-5-6-11(15)12(7-10)16-20(18,19)13-4-2-1-3-9(13)8-17/h1-7,16-17H,8H2. The third-order valence-electron chi connectivity index (χ3n) is 2.61. The van der Waals surface area contributed by atoms with Gasteiger partial charge in [0.15, 0.2) is 0 Å². The van der Waals surface area contributed by atoms with E-state index in [9.17, 15) is 13.5 Å². The average Bonchev–Trinajstić information content (AvgIpc) is 2.42. The highest BCUT2D eigenvalue weighted by molar-refractivity contribution is 7.92. The molecule has 0 bridgehead atoms. The Morgan fingerprint density at radius 1 is 1.10 bits per heavy atom. The molecule has 0 aliphatic rings. The van der Waals surface area contributed by atoms with E-state index in [1.165, 1.54) is 24.3 Å². The van der Waals surface area contributed by atoms with Gasteiger partial charge in [-0.05, 0) is 29.8 Å². The molecular formula is C13H11Cl2NO3S. The molecule has 0 spiro atoms. The molecular weight excluding hydrogens is 321 g/mol. The van der Waals surface area contributed by atoms with Gasteiger partial charge in [0.2, 0.25) is 0 Å². The number of nitrogens with one attached hydrogen (secondary N) is 1. The van der Waals surface area contributed by atoms with Crippen LogP contribution in [0, 0.1) is 0 Å². The van der Waals surface area contributed by atoms with Crippen molar-refractivity contribution < 1.29 is 13.5 Å². The van der Waals surface area contributed by atoms with Gasteiger partial charge in [0.1, 0.15) is 0 Å². The smallest absolute Gasteiger partial charge is 0.262 e. The van der Waals surface area contributed by atoms with E-state index in [4.69, 9.17) is 23.2 Å². The maximum atomic E-state index is 12.3. The summed E-state index contributed by atoms with van der Waals surface area (Å²) in [7, 11) is -3.85. The zero-order valence-corrected chi connectivity index (χ0v) is 12.5. The van der Waals surface area contributed by atoms with E-state index in [0.717, 1.165) is 0 Å². The van der Waals surface area contributed by atoms with Gasteiger partial charge in [-0.15, -0.1) is 0 Å². The number of sulfonamides is 1. The fourth-order valence-electron chi connectivity index (χ4n) is 1.67. The lowest BCUT2D eigenvalue weighted by Gasteiger charge is -2.12. The van der Waals surface area contributed by atoms with Crippen LogP contribution in [-0.2, 0) is 16.6 Å². The molecule has 2 aromatic carbocycles. The van der Waals surface area contributed by atoms with Crippen LogP contribution in [0.3, 0.4) is 0 Å². The molecule has 106 valence electrons. The van der Waals surface area contributed by atoms with E-state index in [2.05, 4.69) is 4.72 Å². The van der Waals surface area contributed by atoms with Crippen LogP contribution in [0.15, 0.2) is 47.4 Å². The summed E-state index contributed by atoms with van der Waals surface area (Å²) < 4.78 is 27.0. The number of aliphatic hydroxyl groups excluding tert-OH is 1. The Morgan fingerprint density at radius 2 is 1.80 bits per heavy atom. The van der Waals surface area contributed by atoms with Crippen LogP contribution >= 0.6 is 23.2 Å². The van der Waals surface area contributed by atoms with Crippen LogP contribution in [0.2, 0.25) is 10.0 Å². The highest BCUT2D eigenvalue weighted by atomic mass is 35.5. The van der Waals surface area contributed by atoms with E-state index < -0.39 is 10.0 Å². The zero-order chi connectivity index (χ0) is 14.8. The van der Waals surface area contributed by atoms with Crippen molar-refractivity contribution in [1.29, 1.82) is 0 Å². The fraction of sp³-hybridized carbons (Fsp3) is 0.0769. The molecule has 2 aromatic rings. The van der Waals surface area contributed by atoms with Crippen molar-refractivity contribution in [2.24, 2.45) is 0 Å². The Balaban J connectivity index is 2.43. The summed E-state index contributed by atoms with van der Waals surface area (Å²) in [6.45, 7) is -0.375. The summed E-state index contributed by atoms with van der Waals surface area (Å²) in [6, 6.07) is 10.6. The summed E-state index contributed by atoms with van der Waals surface area (Å²) in [4.78, 5) is -0.00135. The van der Waals surface area contributed by atoms with E-state index in [-0.39, 0.29) is 22.2 Å². The van der Waals surface area contributed by atoms with Crippen LogP contribution in [0.25, 0.3) is 0 Å². The average molecular weight is 332 g/mol. The molecule has 0 aliphatic heterocycles. The Hall–Kier alpha value is -1.27. The molecule has 20 heavy (non-hydrogen) atoms. The third kappa shape index (κ3) is 3.24. The zero-order valence-electron chi connectivity index (χ0n) is 10.2. The van der Waals surface area contributed by atoms with Crippen molar-refractivity contribution in [2.45, 2.75) is 11.5 Å². The van der Waals surface area contributed by atoms with Gasteiger partial charge in [-0.2, -0.15) is 0 Å². The minimum atomic E-state index is -3.85. The van der Waals surface area contributed by atoms with Crippen LogP contribution < -0.4 is 4.72 Å². The molecule has 4 nitrogen and oxygen atoms in total. The van der Waals surface area contributed by atoms with E-state index in [0.29, 0.717) is 10.6 Å². The quantitative estimate of drug-likeness (QED) is 0.903. The lowest BCUT2D eigenvalue weighted by Crippen LogP contribution is -2.15. The fourth-order valence-corrected chi connectivity index (χ4v) is 3.37. The Bertz CT molecular complexity index is 732. The van der Waals surface area contributed by atoms with Crippen molar-refractivity contribution in [3.63, 3.8) is 0 Å². The lowest BCUT2D eigenvalue weighted by atomic mass is 10.2. The van der Waals surface area contributed by atoms with E-state index >= 15 is 0 Å². The molecule has 0 saturated heterocycles. The van der Waals surface area contributed by atoms with Crippen molar-refractivity contribution in [3.8, 4) is 0 Å². The number of halogens is 2. The molecule has 2 rings (SSSR count). The molecule has 0 unspecified atom stereocenters. The van der Waals surface area contributed by atoms with Crippen LogP contribution in [0.4, 0.5) is 5.69 Å². The molecule has 0 fully saturated rings.